The summed E-state index contributed by atoms with van der Waals surface area (Å²) in [6, 6.07) is 5.96. The molecule has 2 unspecified atom stereocenters. The minimum atomic E-state index is -0.837. The Morgan fingerprint density at radius 2 is 2.27 bits per heavy atom. The molecule has 1 nitrogen and oxygen atoms in total. The van der Waals surface area contributed by atoms with Crippen LogP contribution in [0.15, 0.2) is 18.2 Å². The van der Waals surface area contributed by atoms with Gasteiger partial charge in [0.2, 0.25) is 0 Å². The van der Waals surface area contributed by atoms with Gasteiger partial charge in [0.25, 0.3) is 0 Å². The third-order valence-electron chi connectivity index (χ3n) is 3.32. The summed E-state index contributed by atoms with van der Waals surface area (Å²) < 4.78 is 14.1. The SMILES string of the molecule is CCC(C)C(F)c1cccc2c1NCC2. The Morgan fingerprint density at radius 3 is 3.00 bits per heavy atom. The number of nitrogens with one attached hydrogen (secondary N) is 1. The fourth-order valence-electron chi connectivity index (χ4n) is 2.11. The summed E-state index contributed by atoms with van der Waals surface area (Å²) in [5.74, 6) is 0.0962. The van der Waals surface area contributed by atoms with Crippen molar-refractivity contribution >= 4 is 5.69 Å². The Labute approximate surface area is 90.7 Å². The molecule has 1 N–H and O–H groups in total. The van der Waals surface area contributed by atoms with E-state index >= 15 is 0 Å². The summed E-state index contributed by atoms with van der Waals surface area (Å²) >= 11 is 0. The number of halogens is 1. The number of rotatable bonds is 3. The molecule has 0 saturated carbocycles. The number of hydrogen-bond acceptors (Lipinski definition) is 1. The second-order valence-corrected chi connectivity index (χ2v) is 4.35. The Bertz CT molecular complexity index is 348. The van der Waals surface area contributed by atoms with E-state index in [1.807, 2.05) is 26.0 Å². The van der Waals surface area contributed by atoms with E-state index in [4.69, 9.17) is 0 Å². The average Bonchev–Trinajstić information content (AvgIpc) is 2.74. The third-order valence-corrected chi connectivity index (χ3v) is 3.32. The van der Waals surface area contributed by atoms with Crippen LogP contribution in [0.2, 0.25) is 0 Å². The van der Waals surface area contributed by atoms with Gasteiger partial charge in [-0.05, 0) is 17.9 Å². The van der Waals surface area contributed by atoms with Crippen molar-refractivity contribution in [3.8, 4) is 0 Å². The average molecular weight is 207 g/mol. The number of anilines is 1. The lowest BCUT2D eigenvalue weighted by molar-refractivity contribution is 0.242. The van der Waals surface area contributed by atoms with E-state index in [2.05, 4.69) is 11.4 Å². The molecule has 0 saturated heterocycles. The Kier molecular flexibility index (Phi) is 2.94. The zero-order valence-electron chi connectivity index (χ0n) is 9.39. The monoisotopic (exact) mass is 207 g/mol. The fourth-order valence-corrected chi connectivity index (χ4v) is 2.11. The third kappa shape index (κ3) is 1.85. The van der Waals surface area contributed by atoms with E-state index in [1.54, 1.807) is 0 Å². The van der Waals surface area contributed by atoms with Gasteiger partial charge in [-0.1, -0.05) is 38.5 Å². The van der Waals surface area contributed by atoms with Crippen LogP contribution in [-0.2, 0) is 6.42 Å². The fraction of sp³-hybridized carbons (Fsp3) is 0.538. The lowest BCUT2D eigenvalue weighted by atomic mass is 9.94. The maximum absolute atomic E-state index is 14.1. The molecule has 2 heteroatoms. The summed E-state index contributed by atoms with van der Waals surface area (Å²) in [5, 5.41) is 3.29. The van der Waals surface area contributed by atoms with Crippen molar-refractivity contribution in [3.63, 3.8) is 0 Å². The van der Waals surface area contributed by atoms with Crippen molar-refractivity contribution in [3.05, 3.63) is 29.3 Å². The molecule has 0 radical (unpaired) electrons. The summed E-state index contributed by atoms with van der Waals surface area (Å²) in [7, 11) is 0. The quantitative estimate of drug-likeness (QED) is 0.796. The second-order valence-electron chi connectivity index (χ2n) is 4.35. The van der Waals surface area contributed by atoms with Crippen LogP contribution in [0.4, 0.5) is 10.1 Å². The Hall–Kier alpha value is -1.05. The van der Waals surface area contributed by atoms with Crippen molar-refractivity contribution in [1.82, 2.24) is 0 Å². The van der Waals surface area contributed by atoms with E-state index < -0.39 is 6.17 Å². The molecule has 1 aromatic carbocycles. The molecular weight excluding hydrogens is 189 g/mol. The van der Waals surface area contributed by atoms with Gasteiger partial charge >= 0.3 is 0 Å². The summed E-state index contributed by atoms with van der Waals surface area (Å²) in [6.45, 7) is 4.95. The number of hydrogen-bond donors (Lipinski definition) is 1. The van der Waals surface area contributed by atoms with Crippen LogP contribution in [0.5, 0.6) is 0 Å². The van der Waals surface area contributed by atoms with Gasteiger partial charge in [-0.15, -0.1) is 0 Å². The second kappa shape index (κ2) is 4.21. The largest absolute Gasteiger partial charge is 0.384 e. The first-order valence-corrected chi connectivity index (χ1v) is 5.73. The first-order valence-electron chi connectivity index (χ1n) is 5.73. The molecule has 0 aromatic heterocycles. The summed E-state index contributed by atoms with van der Waals surface area (Å²) in [4.78, 5) is 0. The molecular formula is C13H18FN. The van der Waals surface area contributed by atoms with Crippen LogP contribution in [0.1, 0.15) is 37.6 Å². The van der Waals surface area contributed by atoms with Crippen molar-refractivity contribution in [2.75, 3.05) is 11.9 Å². The minimum absolute atomic E-state index is 0.0962. The Morgan fingerprint density at radius 1 is 1.47 bits per heavy atom. The standard InChI is InChI=1S/C13H18FN/c1-3-9(2)12(14)11-6-4-5-10-7-8-15-13(10)11/h4-6,9,12,15H,3,7-8H2,1-2H3. The van der Waals surface area contributed by atoms with Gasteiger partial charge in [0.1, 0.15) is 6.17 Å². The van der Waals surface area contributed by atoms with Crippen LogP contribution in [-0.4, -0.2) is 6.54 Å². The molecule has 0 fully saturated rings. The lowest BCUT2D eigenvalue weighted by Gasteiger charge is -2.18. The molecule has 1 aromatic rings. The molecule has 0 bridgehead atoms. The number of benzene rings is 1. The predicted molar refractivity (Wildman–Crippen MR) is 61.9 cm³/mol. The highest BCUT2D eigenvalue weighted by Crippen LogP contribution is 2.37. The highest BCUT2D eigenvalue weighted by molar-refractivity contribution is 5.61. The maximum Gasteiger partial charge on any atom is 0.130 e. The molecule has 0 spiro atoms. The zero-order valence-corrected chi connectivity index (χ0v) is 9.39. The van der Waals surface area contributed by atoms with Crippen LogP contribution < -0.4 is 5.32 Å². The summed E-state index contributed by atoms with van der Waals surface area (Å²) in [6.07, 6.45) is 1.07. The minimum Gasteiger partial charge on any atom is -0.384 e. The maximum atomic E-state index is 14.1. The van der Waals surface area contributed by atoms with Crippen LogP contribution in [0.25, 0.3) is 0 Å². The van der Waals surface area contributed by atoms with E-state index in [0.29, 0.717) is 0 Å². The number of alkyl halides is 1. The molecule has 15 heavy (non-hydrogen) atoms. The van der Waals surface area contributed by atoms with Gasteiger partial charge in [-0.25, -0.2) is 4.39 Å². The van der Waals surface area contributed by atoms with E-state index in [0.717, 1.165) is 30.6 Å². The molecule has 1 aliphatic heterocycles. The molecule has 2 atom stereocenters. The van der Waals surface area contributed by atoms with E-state index in [-0.39, 0.29) is 5.92 Å². The van der Waals surface area contributed by atoms with Crippen LogP contribution in [0.3, 0.4) is 0 Å². The van der Waals surface area contributed by atoms with Crippen molar-refractivity contribution in [2.24, 2.45) is 5.92 Å². The van der Waals surface area contributed by atoms with Gasteiger partial charge in [-0.2, -0.15) is 0 Å². The molecule has 1 heterocycles. The van der Waals surface area contributed by atoms with Gasteiger partial charge < -0.3 is 5.32 Å². The first kappa shape index (κ1) is 10.5. The van der Waals surface area contributed by atoms with Gasteiger partial charge in [-0.3, -0.25) is 0 Å². The topological polar surface area (TPSA) is 12.0 Å². The highest BCUT2D eigenvalue weighted by atomic mass is 19.1. The Balaban J connectivity index is 2.32. The van der Waals surface area contributed by atoms with Crippen LogP contribution in [0, 0.1) is 5.92 Å². The smallest absolute Gasteiger partial charge is 0.130 e. The van der Waals surface area contributed by atoms with Crippen molar-refractivity contribution < 1.29 is 4.39 Å². The molecule has 0 aliphatic carbocycles. The molecule has 82 valence electrons. The van der Waals surface area contributed by atoms with Crippen LogP contribution >= 0.6 is 0 Å². The van der Waals surface area contributed by atoms with Crippen molar-refractivity contribution in [1.29, 1.82) is 0 Å². The van der Waals surface area contributed by atoms with E-state index in [9.17, 15) is 4.39 Å². The van der Waals surface area contributed by atoms with Crippen molar-refractivity contribution in [2.45, 2.75) is 32.9 Å². The van der Waals surface area contributed by atoms with Gasteiger partial charge in [0.05, 0.1) is 0 Å². The normalized spacial score (nSPS) is 18.1. The van der Waals surface area contributed by atoms with Gasteiger partial charge in [0, 0.05) is 17.8 Å². The predicted octanol–water partition coefficient (Wildman–Crippen LogP) is 3.71. The number of para-hydroxylation sites is 1. The summed E-state index contributed by atoms with van der Waals surface area (Å²) in [5.41, 5.74) is 3.16. The molecule has 0 amide bonds. The first-order chi connectivity index (χ1) is 7.24. The van der Waals surface area contributed by atoms with Gasteiger partial charge in [0.15, 0.2) is 0 Å². The highest BCUT2D eigenvalue weighted by Gasteiger charge is 2.23. The lowest BCUT2D eigenvalue weighted by Crippen LogP contribution is -2.06. The molecule has 2 rings (SSSR count). The number of fused-ring (bicyclic) bond motifs is 1. The zero-order chi connectivity index (χ0) is 10.8. The molecule has 1 aliphatic rings. The van der Waals surface area contributed by atoms with E-state index in [1.165, 1.54) is 5.56 Å².